The number of carbonyl (C=O) groups is 1. The van der Waals surface area contributed by atoms with Crippen molar-refractivity contribution in [3.63, 3.8) is 0 Å². The van der Waals surface area contributed by atoms with Gasteiger partial charge in [-0.1, -0.05) is 17.3 Å². The van der Waals surface area contributed by atoms with Gasteiger partial charge in [-0.2, -0.15) is 5.10 Å². The molecule has 138 valence electrons. The Morgan fingerprint density at radius 2 is 2.00 bits per heavy atom. The van der Waals surface area contributed by atoms with Crippen molar-refractivity contribution in [2.45, 2.75) is 13.5 Å². The molecular weight excluding hydrogens is 352 g/mol. The van der Waals surface area contributed by atoms with Crippen molar-refractivity contribution in [2.24, 2.45) is 5.10 Å². The van der Waals surface area contributed by atoms with Crippen molar-refractivity contribution in [3.05, 3.63) is 58.6 Å². The van der Waals surface area contributed by atoms with E-state index in [1.54, 1.807) is 11.6 Å². The maximum absolute atomic E-state index is 11.8. The number of fused-ring (bicyclic) bond motifs is 1. The van der Waals surface area contributed by atoms with Crippen molar-refractivity contribution in [1.29, 1.82) is 0 Å². The maximum atomic E-state index is 11.8. The molecule has 0 saturated heterocycles. The first-order valence-corrected chi connectivity index (χ1v) is 8.00. The molecule has 0 aliphatic rings. The molecule has 0 aliphatic heterocycles. The SMILES string of the molecule is C/C(Cn1nnc2ccccc21)=N\NC(=O)COc1ccc([N+](=O)[O-])cc1. The van der Waals surface area contributed by atoms with E-state index in [0.29, 0.717) is 18.0 Å². The standard InChI is InChI=1S/C17H16N6O4/c1-12(10-22-16-5-3-2-4-15(16)19-21-22)18-20-17(24)11-27-14-8-6-13(7-9-14)23(25)26/h2-9H,10-11H2,1H3,(H,20,24)/b18-12+. The summed E-state index contributed by atoms with van der Waals surface area (Å²) in [5.74, 6) is -0.0957. The first-order chi connectivity index (χ1) is 13.0. The van der Waals surface area contributed by atoms with E-state index in [1.165, 1.54) is 24.3 Å². The van der Waals surface area contributed by atoms with E-state index in [9.17, 15) is 14.9 Å². The molecule has 0 spiro atoms. The highest BCUT2D eigenvalue weighted by Crippen LogP contribution is 2.17. The molecule has 1 aromatic heterocycles. The van der Waals surface area contributed by atoms with Crippen LogP contribution in [0.2, 0.25) is 0 Å². The molecule has 0 fully saturated rings. The van der Waals surface area contributed by atoms with Gasteiger partial charge in [-0.25, -0.2) is 10.1 Å². The third kappa shape index (κ3) is 4.63. The largest absolute Gasteiger partial charge is 0.484 e. The molecule has 2 aromatic carbocycles. The zero-order valence-corrected chi connectivity index (χ0v) is 14.4. The van der Waals surface area contributed by atoms with Gasteiger partial charge in [0.05, 0.1) is 22.7 Å². The summed E-state index contributed by atoms with van der Waals surface area (Å²) in [6, 6.07) is 13.0. The summed E-state index contributed by atoms with van der Waals surface area (Å²) in [4.78, 5) is 21.9. The summed E-state index contributed by atoms with van der Waals surface area (Å²) in [6.07, 6.45) is 0. The first kappa shape index (κ1) is 18.0. The second kappa shape index (κ2) is 8.04. The summed E-state index contributed by atoms with van der Waals surface area (Å²) in [7, 11) is 0. The van der Waals surface area contributed by atoms with Gasteiger partial charge in [0.2, 0.25) is 0 Å². The van der Waals surface area contributed by atoms with Gasteiger partial charge in [0, 0.05) is 12.1 Å². The fourth-order valence-electron chi connectivity index (χ4n) is 2.29. The third-order valence-corrected chi connectivity index (χ3v) is 3.59. The number of hydrazone groups is 1. The number of non-ortho nitro benzene ring substituents is 1. The van der Waals surface area contributed by atoms with Gasteiger partial charge in [0.25, 0.3) is 11.6 Å². The summed E-state index contributed by atoms with van der Waals surface area (Å²) in [6.45, 7) is 1.87. The first-order valence-electron chi connectivity index (χ1n) is 8.00. The van der Waals surface area contributed by atoms with Crippen LogP contribution in [0.15, 0.2) is 53.6 Å². The highest BCUT2D eigenvalue weighted by Gasteiger charge is 2.07. The Bertz CT molecular complexity index is 996. The number of nitrogens with one attached hydrogen (secondary N) is 1. The molecule has 0 aliphatic carbocycles. The monoisotopic (exact) mass is 368 g/mol. The molecule has 1 amide bonds. The minimum absolute atomic E-state index is 0.0485. The summed E-state index contributed by atoms with van der Waals surface area (Å²) in [5.41, 5.74) is 4.64. The smallest absolute Gasteiger partial charge is 0.277 e. The fraction of sp³-hybridized carbons (Fsp3) is 0.176. The highest BCUT2D eigenvalue weighted by atomic mass is 16.6. The molecule has 10 heteroatoms. The molecule has 3 rings (SSSR count). The summed E-state index contributed by atoms with van der Waals surface area (Å²) in [5, 5.41) is 22.7. The Morgan fingerprint density at radius 3 is 2.74 bits per heavy atom. The lowest BCUT2D eigenvalue weighted by Crippen LogP contribution is -2.26. The molecule has 0 unspecified atom stereocenters. The second-order valence-electron chi connectivity index (χ2n) is 5.66. The molecule has 10 nitrogen and oxygen atoms in total. The van der Waals surface area contributed by atoms with E-state index in [-0.39, 0.29) is 12.3 Å². The van der Waals surface area contributed by atoms with Crippen molar-refractivity contribution >= 4 is 28.3 Å². The van der Waals surface area contributed by atoms with Gasteiger partial charge in [-0.3, -0.25) is 14.9 Å². The second-order valence-corrected chi connectivity index (χ2v) is 5.66. The average molecular weight is 368 g/mol. The number of ether oxygens (including phenoxy) is 1. The van der Waals surface area contributed by atoms with E-state index in [1.807, 2.05) is 24.3 Å². The number of aromatic nitrogens is 3. The molecule has 27 heavy (non-hydrogen) atoms. The van der Waals surface area contributed by atoms with E-state index >= 15 is 0 Å². The lowest BCUT2D eigenvalue weighted by Gasteiger charge is -2.06. The molecule has 0 atom stereocenters. The lowest BCUT2D eigenvalue weighted by molar-refractivity contribution is -0.384. The number of amides is 1. The van der Waals surface area contributed by atoms with Crippen LogP contribution in [0.5, 0.6) is 5.75 Å². The van der Waals surface area contributed by atoms with Gasteiger partial charge >= 0.3 is 0 Å². The summed E-state index contributed by atoms with van der Waals surface area (Å²) < 4.78 is 6.96. The minimum Gasteiger partial charge on any atom is -0.484 e. The third-order valence-electron chi connectivity index (χ3n) is 3.59. The van der Waals surface area contributed by atoms with Crippen LogP contribution in [0.25, 0.3) is 11.0 Å². The van der Waals surface area contributed by atoms with Crippen LogP contribution in [-0.2, 0) is 11.3 Å². The van der Waals surface area contributed by atoms with Crippen LogP contribution in [0, 0.1) is 10.1 Å². The molecular formula is C17H16N6O4. The Hall–Kier alpha value is -3.82. The van der Waals surface area contributed by atoms with Crippen LogP contribution >= 0.6 is 0 Å². The number of hydrogen-bond donors (Lipinski definition) is 1. The van der Waals surface area contributed by atoms with E-state index in [4.69, 9.17) is 4.74 Å². The number of nitrogens with zero attached hydrogens (tertiary/aromatic N) is 5. The molecule has 0 bridgehead atoms. The van der Waals surface area contributed by atoms with Crippen LogP contribution in [0.4, 0.5) is 5.69 Å². The highest BCUT2D eigenvalue weighted by molar-refractivity contribution is 5.86. The Kier molecular flexibility index (Phi) is 5.36. The van der Waals surface area contributed by atoms with Gasteiger partial charge in [0.15, 0.2) is 6.61 Å². The Labute approximate surface area is 153 Å². The number of para-hydroxylation sites is 1. The molecule has 1 heterocycles. The topological polar surface area (TPSA) is 125 Å². The maximum Gasteiger partial charge on any atom is 0.277 e. The van der Waals surface area contributed by atoms with Crippen molar-refractivity contribution in [3.8, 4) is 5.75 Å². The van der Waals surface area contributed by atoms with Crippen LogP contribution in [0.1, 0.15) is 6.92 Å². The molecule has 0 radical (unpaired) electrons. The van der Waals surface area contributed by atoms with Crippen LogP contribution in [-0.4, -0.2) is 38.1 Å². The number of nitro benzene ring substituents is 1. The Morgan fingerprint density at radius 1 is 1.26 bits per heavy atom. The van der Waals surface area contributed by atoms with E-state index in [0.717, 1.165) is 11.0 Å². The van der Waals surface area contributed by atoms with Crippen molar-refractivity contribution in [2.75, 3.05) is 6.61 Å². The average Bonchev–Trinajstić information content (AvgIpc) is 3.08. The van der Waals surface area contributed by atoms with Crippen LogP contribution in [0.3, 0.4) is 0 Å². The molecule has 3 aromatic rings. The molecule has 1 N–H and O–H groups in total. The van der Waals surface area contributed by atoms with Gasteiger partial charge < -0.3 is 4.74 Å². The Balaban J connectivity index is 1.50. The van der Waals surface area contributed by atoms with Crippen molar-refractivity contribution < 1.29 is 14.5 Å². The predicted octanol–water partition coefficient (Wildman–Crippen LogP) is 1.91. The summed E-state index contributed by atoms with van der Waals surface area (Å²) >= 11 is 0. The van der Waals surface area contributed by atoms with E-state index in [2.05, 4.69) is 20.8 Å². The number of nitro groups is 1. The normalized spacial score (nSPS) is 11.4. The van der Waals surface area contributed by atoms with Crippen molar-refractivity contribution in [1.82, 2.24) is 20.4 Å². The van der Waals surface area contributed by atoms with Gasteiger partial charge in [0.1, 0.15) is 11.3 Å². The number of rotatable bonds is 7. The molecule has 0 saturated carbocycles. The van der Waals surface area contributed by atoms with Gasteiger partial charge in [-0.15, -0.1) is 5.10 Å². The zero-order chi connectivity index (χ0) is 19.2. The minimum atomic E-state index is -0.508. The number of benzene rings is 2. The lowest BCUT2D eigenvalue weighted by atomic mass is 10.3. The van der Waals surface area contributed by atoms with E-state index < -0.39 is 10.8 Å². The van der Waals surface area contributed by atoms with Gasteiger partial charge in [-0.05, 0) is 31.2 Å². The predicted molar refractivity (Wildman–Crippen MR) is 97.4 cm³/mol. The van der Waals surface area contributed by atoms with Crippen LogP contribution < -0.4 is 10.2 Å². The zero-order valence-electron chi connectivity index (χ0n) is 14.4. The fourth-order valence-corrected chi connectivity index (χ4v) is 2.29. The quantitative estimate of drug-likeness (QED) is 0.386. The number of hydrogen-bond acceptors (Lipinski definition) is 7. The number of carbonyl (C=O) groups excluding carboxylic acids is 1.